The maximum absolute atomic E-state index is 15.1. The molecule has 2 aromatic rings. The van der Waals surface area contributed by atoms with E-state index in [0.29, 0.717) is 12.0 Å². The van der Waals surface area contributed by atoms with Crippen LogP contribution in [0.15, 0.2) is 41.3 Å². The Kier molecular flexibility index (Phi) is 7.86. The van der Waals surface area contributed by atoms with Gasteiger partial charge in [-0.2, -0.15) is 5.26 Å². The van der Waals surface area contributed by atoms with Gasteiger partial charge in [0.1, 0.15) is 5.60 Å². The molecule has 208 valence electrons. The van der Waals surface area contributed by atoms with Crippen molar-refractivity contribution in [3.8, 4) is 17.2 Å². The van der Waals surface area contributed by atoms with Gasteiger partial charge >= 0.3 is 6.09 Å². The van der Waals surface area contributed by atoms with Crippen LogP contribution in [-0.2, 0) is 25.8 Å². The van der Waals surface area contributed by atoms with Gasteiger partial charge in [0.2, 0.25) is 0 Å². The van der Waals surface area contributed by atoms with Gasteiger partial charge in [-0.05, 0) is 75.6 Å². The number of ketones is 1. The van der Waals surface area contributed by atoms with Gasteiger partial charge in [-0.15, -0.1) is 0 Å². The minimum Gasteiger partial charge on any atom is -0.444 e. The van der Waals surface area contributed by atoms with Gasteiger partial charge in [-0.25, -0.2) is 22.0 Å². The predicted octanol–water partition coefficient (Wildman–Crippen LogP) is 5.46. The van der Waals surface area contributed by atoms with E-state index in [9.17, 15) is 23.3 Å². The van der Waals surface area contributed by atoms with Crippen molar-refractivity contribution in [1.82, 2.24) is 4.90 Å². The van der Waals surface area contributed by atoms with Crippen LogP contribution in [0.1, 0.15) is 52.0 Å². The quantitative estimate of drug-likeness (QED) is 0.447. The SMILES string of the molecule is CC(C)(C)OC(=O)N1[C@@H]2CC[C@@H](C2)[C@H]1C(=O)C[C@H](C#N)Cc1ccc(-c2ccc(S(C)(=O)=O)cc2)c(F)c1F. The van der Waals surface area contributed by atoms with Crippen molar-refractivity contribution in [1.29, 1.82) is 5.26 Å². The normalized spacial score (nSPS) is 21.5. The second-order valence-corrected chi connectivity index (χ2v) is 13.5. The van der Waals surface area contributed by atoms with Crippen molar-refractivity contribution in [2.45, 2.75) is 75.5 Å². The number of rotatable bonds is 7. The second kappa shape index (κ2) is 10.7. The number of hydrogen-bond donors (Lipinski definition) is 0. The maximum Gasteiger partial charge on any atom is 0.411 e. The van der Waals surface area contributed by atoms with Crippen LogP contribution in [0.5, 0.6) is 0 Å². The van der Waals surface area contributed by atoms with Crippen LogP contribution in [0.2, 0.25) is 0 Å². The van der Waals surface area contributed by atoms with Gasteiger partial charge in [0.05, 0.1) is 22.9 Å². The first-order valence-electron chi connectivity index (χ1n) is 12.9. The van der Waals surface area contributed by atoms with E-state index in [1.165, 1.54) is 41.3 Å². The summed E-state index contributed by atoms with van der Waals surface area (Å²) in [5.74, 6) is -3.43. The molecule has 7 nitrogen and oxygen atoms in total. The first-order chi connectivity index (χ1) is 18.2. The lowest BCUT2D eigenvalue weighted by Gasteiger charge is -2.35. The fourth-order valence-electron chi connectivity index (χ4n) is 5.62. The van der Waals surface area contributed by atoms with Gasteiger partial charge in [0.15, 0.2) is 27.3 Å². The third kappa shape index (κ3) is 6.14. The van der Waals surface area contributed by atoms with Crippen LogP contribution in [0, 0.1) is 34.8 Å². The summed E-state index contributed by atoms with van der Waals surface area (Å²) in [4.78, 5) is 27.8. The summed E-state index contributed by atoms with van der Waals surface area (Å²) < 4.78 is 59.0. The highest BCUT2D eigenvalue weighted by Gasteiger charge is 2.52. The Labute approximate surface area is 227 Å². The van der Waals surface area contributed by atoms with Crippen LogP contribution >= 0.6 is 0 Å². The maximum atomic E-state index is 15.1. The highest BCUT2D eigenvalue weighted by Crippen LogP contribution is 2.44. The number of carbonyl (C=O) groups is 2. The molecular formula is C29H32F2N2O5S. The van der Waals surface area contributed by atoms with Gasteiger partial charge in [-0.1, -0.05) is 24.3 Å². The Morgan fingerprint density at radius 1 is 1.10 bits per heavy atom. The molecule has 1 saturated carbocycles. The third-order valence-electron chi connectivity index (χ3n) is 7.37. The average Bonchev–Trinajstić information content (AvgIpc) is 3.47. The first-order valence-corrected chi connectivity index (χ1v) is 14.8. The number of nitrogens with zero attached hydrogens (tertiary/aromatic N) is 2. The topological polar surface area (TPSA) is 105 Å². The van der Waals surface area contributed by atoms with Crippen molar-refractivity contribution in [2.24, 2.45) is 11.8 Å². The van der Waals surface area contributed by atoms with E-state index in [1.54, 1.807) is 20.8 Å². The first kappa shape index (κ1) is 28.7. The van der Waals surface area contributed by atoms with Crippen LogP contribution in [0.4, 0.5) is 13.6 Å². The van der Waals surface area contributed by atoms with E-state index >= 15 is 8.78 Å². The molecule has 0 unspecified atom stereocenters. The lowest BCUT2D eigenvalue weighted by atomic mass is 9.87. The zero-order valence-corrected chi connectivity index (χ0v) is 23.2. The lowest BCUT2D eigenvalue weighted by molar-refractivity contribution is -0.126. The molecule has 1 heterocycles. The molecule has 1 amide bonds. The number of nitriles is 1. The molecule has 4 atom stereocenters. The van der Waals surface area contributed by atoms with Crippen LogP contribution < -0.4 is 0 Å². The Morgan fingerprint density at radius 3 is 2.36 bits per heavy atom. The van der Waals surface area contributed by atoms with Gasteiger partial charge < -0.3 is 4.74 Å². The van der Waals surface area contributed by atoms with Crippen LogP contribution in [0.25, 0.3) is 11.1 Å². The summed E-state index contributed by atoms with van der Waals surface area (Å²) in [5.41, 5.74) is -0.502. The molecule has 2 aliphatic rings. The number of likely N-dealkylation sites (tertiary alicyclic amines) is 1. The van der Waals surface area contributed by atoms with Crippen molar-refractivity contribution >= 4 is 21.7 Å². The summed E-state index contributed by atoms with van der Waals surface area (Å²) in [6.45, 7) is 5.27. The van der Waals surface area contributed by atoms with Crippen molar-refractivity contribution in [3.05, 3.63) is 53.6 Å². The molecule has 4 rings (SSSR count). The molecule has 1 saturated heterocycles. The minimum absolute atomic E-state index is 0.00286. The molecular weight excluding hydrogens is 526 g/mol. The second-order valence-electron chi connectivity index (χ2n) is 11.5. The Bertz CT molecular complexity index is 1430. The molecule has 39 heavy (non-hydrogen) atoms. The molecule has 0 radical (unpaired) electrons. The summed E-state index contributed by atoms with van der Waals surface area (Å²) in [5, 5.41) is 9.75. The highest BCUT2D eigenvalue weighted by atomic mass is 32.2. The minimum atomic E-state index is -3.43. The molecule has 1 aliphatic carbocycles. The number of Topliss-reactive ketones (excluding diaryl/α,β-unsaturated/α-hetero) is 1. The van der Waals surface area contributed by atoms with E-state index in [1.807, 2.05) is 6.07 Å². The van der Waals surface area contributed by atoms with Crippen molar-refractivity contribution < 1.29 is 31.5 Å². The molecule has 2 bridgehead atoms. The van der Waals surface area contributed by atoms with Crippen LogP contribution in [-0.4, -0.2) is 49.1 Å². The average molecular weight is 559 g/mol. The van der Waals surface area contributed by atoms with Crippen LogP contribution in [0.3, 0.4) is 0 Å². The predicted molar refractivity (Wildman–Crippen MR) is 140 cm³/mol. The van der Waals surface area contributed by atoms with E-state index in [4.69, 9.17) is 4.74 Å². The summed E-state index contributed by atoms with van der Waals surface area (Å²) in [6.07, 6.45) is 2.45. The number of piperidine rings is 1. The zero-order chi connectivity index (χ0) is 28.7. The molecule has 0 N–H and O–H groups in total. The molecule has 1 aliphatic heterocycles. The smallest absolute Gasteiger partial charge is 0.411 e. The monoisotopic (exact) mass is 558 g/mol. The molecule has 2 fully saturated rings. The van der Waals surface area contributed by atoms with Gasteiger partial charge in [-0.3, -0.25) is 9.69 Å². The number of carbonyl (C=O) groups excluding carboxylic acids is 2. The summed E-state index contributed by atoms with van der Waals surface area (Å²) >= 11 is 0. The van der Waals surface area contributed by atoms with E-state index in [0.717, 1.165) is 19.1 Å². The van der Waals surface area contributed by atoms with E-state index in [-0.39, 0.29) is 46.6 Å². The largest absolute Gasteiger partial charge is 0.444 e. The number of sulfone groups is 1. The summed E-state index contributed by atoms with van der Waals surface area (Å²) in [6, 6.07) is 9.47. The standard InChI is InChI=1S/C29H32F2N2O5S/c1-29(2,3)38-28(35)33-21-9-5-20(15-21)27(33)24(34)14-17(16-32)13-19-8-12-23(26(31)25(19)30)18-6-10-22(11-7-18)39(4,36)37/h6-8,10-12,17,20-21,27H,5,9,13-15H2,1-4H3/t17-,20+,21-,27+/m1/s1. The van der Waals surface area contributed by atoms with E-state index in [2.05, 4.69) is 0 Å². The number of amides is 1. The summed E-state index contributed by atoms with van der Waals surface area (Å²) in [7, 11) is -3.43. The Hall–Kier alpha value is -3.32. The number of hydrogen-bond acceptors (Lipinski definition) is 6. The van der Waals surface area contributed by atoms with Gasteiger partial charge in [0, 0.05) is 24.3 Å². The lowest BCUT2D eigenvalue weighted by Crippen LogP contribution is -2.51. The zero-order valence-electron chi connectivity index (χ0n) is 22.4. The third-order valence-corrected chi connectivity index (χ3v) is 8.50. The Balaban J connectivity index is 1.49. The molecule has 2 aromatic carbocycles. The number of ether oxygens (including phenoxy) is 1. The van der Waals surface area contributed by atoms with Gasteiger partial charge in [0.25, 0.3) is 0 Å². The van der Waals surface area contributed by atoms with E-state index < -0.39 is 45.1 Å². The molecule has 10 heteroatoms. The number of benzene rings is 2. The fraction of sp³-hybridized carbons (Fsp3) is 0.483. The van der Waals surface area contributed by atoms with Crippen molar-refractivity contribution in [3.63, 3.8) is 0 Å². The van der Waals surface area contributed by atoms with Crippen molar-refractivity contribution in [2.75, 3.05) is 6.26 Å². The molecule has 0 aromatic heterocycles. The number of fused-ring (bicyclic) bond motifs is 2. The Morgan fingerprint density at radius 2 is 1.77 bits per heavy atom. The fourth-order valence-corrected chi connectivity index (χ4v) is 6.26. The highest BCUT2D eigenvalue weighted by molar-refractivity contribution is 7.90. The molecule has 0 spiro atoms. The number of halogens is 2.